The summed E-state index contributed by atoms with van der Waals surface area (Å²) < 4.78 is 24.7. The standard InChI is InChI=1S/C15H22FNO2/c1-18-10-8-17-11-12-5-4-9-19-15(12)13-6-2-3-7-14(13)16/h2-3,6-7,12,15,17H,4-5,8-11H2,1H3. The van der Waals surface area contributed by atoms with E-state index >= 15 is 0 Å². The van der Waals surface area contributed by atoms with E-state index < -0.39 is 0 Å². The predicted molar refractivity (Wildman–Crippen MR) is 72.6 cm³/mol. The van der Waals surface area contributed by atoms with Crippen molar-refractivity contribution < 1.29 is 13.9 Å². The van der Waals surface area contributed by atoms with Gasteiger partial charge in [0.1, 0.15) is 5.82 Å². The molecule has 1 saturated heterocycles. The van der Waals surface area contributed by atoms with Crippen LogP contribution in [-0.2, 0) is 9.47 Å². The van der Waals surface area contributed by atoms with Gasteiger partial charge in [-0.15, -0.1) is 0 Å². The predicted octanol–water partition coefficient (Wildman–Crippen LogP) is 2.53. The van der Waals surface area contributed by atoms with Gasteiger partial charge in [0.05, 0.1) is 12.7 Å². The molecule has 2 rings (SSSR count). The van der Waals surface area contributed by atoms with Gasteiger partial charge in [0.2, 0.25) is 0 Å². The van der Waals surface area contributed by atoms with Gasteiger partial charge in [-0.05, 0) is 18.9 Å². The molecule has 0 radical (unpaired) electrons. The number of rotatable bonds is 6. The summed E-state index contributed by atoms with van der Waals surface area (Å²) in [6.45, 7) is 3.06. The van der Waals surface area contributed by atoms with E-state index in [0.717, 1.165) is 25.9 Å². The van der Waals surface area contributed by atoms with Crippen LogP contribution in [0, 0.1) is 11.7 Å². The maximum absolute atomic E-state index is 13.9. The Bertz CT molecular complexity index is 386. The molecule has 0 bridgehead atoms. The van der Waals surface area contributed by atoms with Crippen LogP contribution in [0.3, 0.4) is 0 Å². The van der Waals surface area contributed by atoms with Gasteiger partial charge in [-0.2, -0.15) is 0 Å². The summed E-state index contributed by atoms with van der Waals surface area (Å²) in [5.74, 6) is 0.152. The molecule has 2 atom stereocenters. The Labute approximate surface area is 114 Å². The van der Waals surface area contributed by atoms with Crippen LogP contribution in [0.1, 0.15) is 24.5 Å². The third kappa shape index (κ3) is 4.00. The summed E-state index contributed by atoms with van der Waals surface area (Å²) in [4.78, 5) is 0. The zero-order valence-corrected chi connectivity index (χ0v) is 11.4. The Kier molecular flexibility index (Phi) is 5.76. The molecule has 1 aliphatic heterocycles. The van der Waals surface area contributed by atoms with Crippen LogP contribution in [0.5, 0.6) is 0 Å². The number of hydrogen-bond acceptors (Lipinski definition) is 3. The van der Waals surface area contributed by atoms with Crippen LogP contribution in [0.15, 0.2) is 24.3 Å². The maximum atomic E-state index is 13.9. The molecule has 106 valence electrons. The molecule has 1 fully saturated rings. The molecule has 1 aromatic carbocycles. The first-order valence-electron chi connectivity index (χ1n) is 6.88. The lowest BCUT2D eigenvalue weighted by Gasteiger charge is -2.32. The lowest BCUT2D eigenvalue weighted by Crippen LogP contribution is -2.33. The summed E-state index contributed by atoms with van der Waals surface area (Å²) in [7, 11) is 1.69. The van der Waals surface area contributed by atoms with E-state index in [1.807, 2.05) is 12.1 Å². The number of ether oxygens (including phenoxy) is 2. The van der Waals surface area contributed by atoms with Crippen LogP contribution in [0.25, 0.3) is 0 Å². The summed E-state index contributed by atoms with van der Waals surface area (Å²) in [6.07, 6.45) is 1.98. The number of benzene rings is 1. The zero-order chi connectivity index (χ0) is 13.5. The van der Waals surface area contributed by atoms with Gasteiger partial charge in [0.25, 0.3) is 0 Å². The van der Waals surface area contributed by atoms with E-state index in [2.05, 4.69) is 5.32 Å². The lowest BCUT2D eigenvalue weighted by molar-refractivity contribution is -0.0299. The molecule has 1 aliphatic rings. The largest absolute Gasteiger partial charge is 0.383 e. The molecule has 2 unspecified atom stereocenters. The third-order valence-corrected chi connectivity index (χ3v) is 3.55. The van der Waals surface area contributed by atoms with Crippen molar-refractivity contribution in [2.45, 2.75) is 18.9 Å². The highest BCUT2D eigenvalue weighted by atomic mass is 19.1. The minimum Gasteiger partial charge on any atom is -0.383 e. The smallest absolute Gasteiger partial charge is 0.129 e. The van der Waals surface area contributed by atoms with E-state index in [9.17, 15) is 4.39 Å². The molecule has 19 heavy (non-hydrogen) atoms. The summed E-state index contributed by atoms with van der Waals surface area (Å²) >= 11 is 0. The fourth-order valence-electron chi connectivity index (χ4n) is 2.56. The van der Waals surface area contributed by atoms with Crippen molar-refractivity contribution in [3.05, 3.63) is 35.6 Å². The lowest BCUT2D eigenvalue weighted by atomic mass is 9.89. The molecule has 0 aliphatic carbocycles. The zero-order valence-electron chi connectivity index (χ0n) is 11.4. The summed E-state index contributed by atoms with van der Waals surface area (Å²) in [6, 6.07) is 6.91. The average Bonchev–Trinajstić information content (AvgIpc) is 2.45. The molecular weight excluding hydrogens is 245 g/mol. The molecule has 0 aromatic heterocycles. The second-order valence-corrected chi connectivity index (χ2v) is 4.91. The van der Waals surface area contributed by atoms with Crippen molar-refractivity contribution in [3.8, 4) is 0 Å². The van der Waals surface area contributed by atoms with Gasteiger partial charge in [-0.1, -0.05) is 18.2 Å². The van der Waals surface area contributed by atoms with E-state index in [1.54, 1.807) is 13.2 Å². The molecule has 4 heteroatoms. The average molecular weight is 267 g/mol. The summed E-state index contributed by atoms with van der Waals surface area (Å²) in [5.41, 5.74) is 0.681. The topological polar surface area (TPSA) is 30.5 Å². The van der Waals surface area contributed by atoms with Crippen molar-refractivity contribution >= 4 is 0 Å². The Morgan fingerprint density at radius 2 is 2.26 bits per heavy atom. The Morgan fingerprint density at radius 3 is 3.05 bits per heavy atom. The van der Waals surface area contributed by atoms with Gasteiger partial charge in [0.15, 0.2) is 0 Å². The molecule has 1 aromatic rings. The Morgan fingerprint density at radius 1 is 1.42 bits per heavy atom. The molecular formula is C15H22FNO2. The fraction of sp³-hybridized carbons (Fsp3) is 0.600. The fourth-order valence-corrected chi connectivity index (χ4v) is 2.56. The normalized spacial score (nSPS) is 23.5. The quantitative estimate of drug-likeness (QED) is 0.803. The van der Waals surface area contributed by atoms with E-state index in [1.165, 1.54) is 6.07 Å². The first-order valence-corrected chi connectivity index (χ1v) is 6.88. The van der Waals surface area contributed by atoms with E-state index in [0.29, 0.717) is 24.7 Å². The number of nitrogens with one attached hydrogen (secondary N) is 1. The van der Waals surface area contributed by atoms with Crippen molar-refractivity contribution in [2.75, 3.05) is 33.4 Å². The highest BCUT2D eigenvalue weighted by Crippen LogP contribution is 2.34. The highest BCUT2D eigenvalue weighted by Gasteiger charge is 2.28. The molecule has 0 saturated carbocycles. The van der Waals surface area contributed by atoms with Crippen molar-refractivity contribution in [1.82, 2.24) is 5.32 Å². The van der Waals surface area contributed by atoms with Crippen molar-refractivity contribution in [3.63, 3.8) is 0 Å². The van der Waals surface area contributed by atoms with Gasteiger partial charge in [0, 0.05) is 38.3 Å². The SMILES string of the molecule is COCCNCC1CCCOC1c1ccccc1F. The monoisotopic (exact) mass is 267 g/mol. The Hall–Kier alpha value is -0.970. The second-order valence-electron chi connectivity index (χ2n) is 4.91. The van der Waals surface area contributed by atoms with E-state index in [-0.39, 0.29) is 11.9 Å². The third-order valence-electron chi connectivity index (χ3n) is 3.55. The van der Waals surface area contributed by atoms with Gasteiger partial charge in [-0.25, -0.2) is 4.39 Å². The van der Waals surface area contributed by atoms with Crippen LogP contribution >= 0.6 is 0 Å². The highest BCUT2D eigenvalue weighted by molar-refractivity contribution is 5.21. The van der Waals surface area contributed by atoms with Gasteiger partial charge < -0.3 is 14.8 Å². The number of methoxy groups -OCH3 is 1. The molecule has 1 N–H and O–H groups in total. The molecule has 3 nitrogen and oxygen atoms in total. The molecule has 1 heterocycles. The first kappa shape index (κ1) is 14.4. The summed E-state index contributed by atoms with van der Waals surface area (Å²) in [5, 5.41) is 3.35. The van der Waals surface area contributed by atoms with Crippen LogP contribution < -0.4 is 5.32 Å². The van der Waals surface area contributed by atoms with Crippen LogP contribution in [0.4, 0.5) is 4.39 Å². The minimum absolute atomic E-state index is 0.134. The van der Waals surface area contributed by atoms with Crippen LogP contribution in [0.2, 0.25) is 0 Å². The molecule has 0 amide bonds. The maximum Gasteiger partial charge on any atom is 0.129 e. The number of hydrogen-bond donors (Lipinski definition) is 1. The molecule has 0 spiro atoms. The Balaban J connectivity index is 1.98. The second kappa shape index (κ2) is 7.58. The van der Waals surface area contributed by atoms with Gasteiger partial charge >= 0.3 is 0 Å². The van der Waals surface area contributed by atoms with Crippen molar-refractivity contribution in [2.24, 2.45) is 5.92 Å². The minimum atomic E-state index is -0.170. The van der Waals surface area contributed by atoms with Crippen molar-refractivity contribution in [1.29, 1.82) is 0 Å². The van der Waals surface area contributed by atoms with E-state index in [4.69, 9.17) is 9.47 Å². The first-order chi connectivity index (χ1) is 9.33. The van der Waals surface area contributed by atoms with Gasteiger partial charge in [-0.3, -0.25) is 0 Å². The van der Waals surface area contributed by atoms with Crippen LogP contribution in [-0.4, -0.2) is 33.4 Å². The number of halogens is 1.